The molecule has 13 heteroatoms. The second-order valence-corrected chi connectivity index (χ2v) is 15.4. The van der Waals surface area contributed by atoms with Crippen LogP contribution in [0.25, 0.3) is 5.65 Å². The number of morpholine rings is 1. The van der Waals surface area contributed by atoms with E-state index in [1.54, 1.807) is 6.07 Å². The quantitative estimate of drug-likeness (QED) is 0.365. The van der Waals surface area contributed by atoms with Crippen LogP contribution in [0.15, 0.2) is 30.6 Å². The van der Waals surface area contributed by atoms with Gasteiger partial charge in [0.1, 0.15) is 23.5 Å². The van der Waals surface area contributed by atoms with Crippen LogP contribution in [0.2, 0.25) is 0 Å². The van der Waals surface area contributed by atoms with Crippen LogP contribution in [-0.4, -0.2) is 125 Å². The molecule has 6 rings (SSSR count). The number of hydrogen-bond acceptors (Lipinski definition) is 9. The zero-order valence-electron chi connectivity index (χ0n) is 30.0. The van der Waals surface area contributed by atoms with Gasteiger partial charge in [0.2, 0.25) is 5.91 Å². The molecule has 2 amide bonds. The molecule has 5 heterocycles. The van der Waals surface area contributed by atoms with Gasteiger partial charge in [-0.25, -0.2) is 18.7 Å². The lowest BCUT2D eigenvalue weighted by atomic mass is 9.90. The lowest BCUT2D eigenvalue weighted by molar-refractivity contribution is -0.121. The Kier molecular flexibility index (Phi) is 9.64. The van der Waals surface area contributed by atoms with E-state index in [2.05, 4.69) is 40.7 Å². The van der Waals surface area contributed by atoms with E-state index in [1.807, 2.05) is 48.1 Å². The van der Waals surface area contributed by atoms with Gasteiger partial charge in [-0.05, 0) is 52.3 Å². The Bertz CT molecular complexity index is 1700. The smallest absolute Gasteiger partial charge is 0.410 e. The Hall–Kier alpha value is -3.81. The monoisotopic (exact) mass is 679 g/mol. The van der Waals surface area contributed by atoms with Crippen molar-refractivity contribution in [2.24, 2.45) is 0 Å². The van der Waals surface area contributed by atoms with E-state index in [0.29, 0.717) is 57.2 Å². The lowest BCUT2D eigenvalue weighted by Crippen LogP contribution is -2.64. The minimum absolute atomic E-state index is 0.0189. The predicted octanol–water partition coefficient (Wildman–Crippen LogP) is 4.12. The van der Waals surface area contributed by atoms with E-state index in [4.69, 9.17) is 14.2 Å². The molecular formula is C36H50FN7O5. The van der Waals surface area contributed by atoms with Crippen molar-refractivity contribution in [3.05, 3.63) is 53.2 Å². The highest BCUT2D eigenvalue weighted by atomic mass is 19.1. The fraction of sp³-hybridized carbons (Fsp3) is 0.611. The summed E-state index contributed by atoms with van der Waals surface area (Å²) in [5.74, 6) is 0.0598. The number of rotatable bonds is 7. The number of benzene rings is 1. The summed E-state index contributed by atoms with van der Waals surface area (Å²) in [6.45, 7) is 18.5. The second-order valence-electron chi connectivity index (χ2n) is 15.4. The van der Waals surface area contributed by atoms with Crippen LogP contribution in [0.1, 0.15) is 65.3 Å². The van der Waals surface area contributed by atoms with Crippen LogP contribution in [0.3, 0.4) is 0 Å². The summed E-state index contributed by atoms with van der Waals surface area (Å²) in [6, 6.07) is 6.55. The fourth-order valence-electron chi connectivity index (χ4n) is 7.46. The summed E-state index contributed by atoms with van der Waals surface area (Å²) in [7, 11) is 1.53. The summed E-state index contributed by atoms with van der Waals surface area (Å²) in [5.41, 5.74) is 3.07. The summed E-state index contributed by atoms with van der Waals surface area (Å²) in [4.78, 5) is 40.7. The van der Waals surface area contributed by atoms with Crippen LogP contribution in [0.4, 0.5) is 14.9 Å². The highest BCUT2D eigenvalue weighted by Gasteiger charge is 2.44. The molecule has 266 valence electrons. The predicted molar refractivity (Wildman–Crippen MR) is 184 cm³/mol. The number of anilines is 1. The first-order valence-corrected chi connectivity index (χ1v) is 17.2. The SMILES string of the molecule is COc1cc(F)ccc1Cc1cc2c(n3ncnc13)C(C)(C)CN2C(=O)CN1C[C@@H](C)N(C(=O)OC(C)(C)C)C[C@@H]1CN1CCOC[C@H]1C. The van der Waals surface area contributed by atoms with Crippen LogP contribution in [0, 0.1) is 5.82 Å². The number of fused-ring (bicyclic) bond motifs is 3. The van der Waals surface area contributed by atoms with E-state index < -0.39 is 11.0 Å². The molecule has 3 aliphatic heterocycles. The van der Waals surface area contributed by atoms with Gasteiger partial charge in [-0.2, -0.15) is 5.10 Å². The van der Waals surface area contributed by atoms with Crippen molar-refractivity contribution in [3.8, 4) is 5.75 Å². The molecule has 1 aromatic carbocycles. The molecule has 2 saturated heterocycles. The van der Waals surface area contributed by atoms with Crippen LogP contribution < -0.4 is 9.64 Å². The third-order valence-electron chi connectivity index (χ3n) is 9.89. The van der Waals surface area contributed by atoms with Crippen molar-refractivity contribution in [1.29, 1.82) is 0 Å². The number of amides is 2. The first kappa shape index (κ1) is 35.0. The van der Waals surface area contributed by atoms with E-state index in [9.17, 15) is 14.0 Å². The molecule has 0 N–H and O–H groups in total. The van der Waals surface area contributed by atoms with Gasteiger partial charge in [-0.3, -0.25) is 14.6 Å². The minimum atomic E-state index is -0.607. The highest BCUT2D eigenvalue weighted by molar-refractivity contribution is 5.98. The normalized spacial score (nSPS) is 23.2. The van der Waals surface area contributed by atoms with Crippen LogP contribution in [-0.2, 0) is 26.1 Å². The van der Waals surface area contributed by atoms with Gasteiger partial charge < -0.3 is 24.0 Å². The molecule has 0 bridgehead atoms. The highest BCUT2D eigenvalue weighted by Crippen LogP contribution is 2.42. The molecule has 3 atom stereocenters. The Morgan fingerprint density at radius 2 is 1.86 bits per heavy atom. The lowest BCUT2D eigenvalue weighted by Gasteiger charge is -2.47. The number of nitrogens with zero attached hydrogens (tertiary/aromatic N) is 7. The number of halogens is 1. The average Bonchev–Trinajstić information content (AvgIpc) is 3.61. The zero-order valence-corrected chi connectivity index (χ0v) is 30.0. The maximum atomic E-state index is 14.5. The molecule has 0 aliphatic carbocycles. The topological polar surface area (TPSA) is 105 Å². The number of methoxy groups -OCH3 is 1. The van der Waals surface area contributed by atoms with Crippen molar-refractivity contribution in [1.82, 2.24) is 29.3 Å². The largest absolute Gasteiger partial charge is 0.496 e. The molecule has 3 aromatic rings. The summed E-state index contributed by atoms with van der Waals surface area (Å²) >= 11 is 0. The van der Waals surface area contributed by atoms with Crippen molar-refractivity contribution >= 4 is 23.3 Å². The van der Waals surface area contributed by atoms with Gasteiger partial charge in [-0.15, -0.1) is 0 Å². The Morgan fingerprint density at radius 1 is 1.08 bits per heavy atom. The van der Waals surface area contributed by atoms with Crippen molar-refractivity contribution in [3.63, 3.8) is 0 Å². The maximum absolute atomic E-state index is 14.5. The third-order valence-corrected chi connectivity index (χ3v) is 9.89. The summed E-state index contributed by atoms with van der Waals surface area (Å²) in [5, 5.41) is 4.60. The van der Waals surface area contributed by atoms with E-state index in [-0.39, 0.29) is 42.5 Å². The van der Waals surface area contributed by atoms with E-state index in [1.165, 1.54) is 25.6 Å². The average molecular weight is 680 g/mol. The second kappa shape index (κ2) is 13.5. The zero-order chi connectivity index (χ0) is 35.2. The van der Waals surface area contributed by atoms with Crippen LogP contribution >= 0.6 is 0 Å². The van der Waals surface area contributed by atoms with Gasteiger partial charge in [0.25, 0.3) is 0 Å². The number of pyridine rings is 1. The summed E-state index contributed by atoms with van der Waals surface area (Å²) < 4.78 is 32.8. The first-order valence-electron chi connectivity index (χ1n) is 17.2. The Balaban J connectivity index is 1.30. The van der Waals surface area contributed by atoms with E-state index >= 15 is 0 Å². The molecule has 0 saturated carbocycles. The summed E-state index contributed by atoms with van der Waals surface area (Å²) in [6.07, 6.45) is 1.62. The van der Waals surface area contributed by atoms with Crippen LogP contribution in [0.5, 0.6) is 5.75 Å². The molecule has 0 radical (unpaired) electrons. The molecule has 2 fully saturated rings. The minimum Gasteiger partial charge on any atom is -0.496 e. The van der Waals surface area contributed by atoms with E-state index in [0.717, 1.165) is 29.1 Å². The standard InChI is InChI=1S/C36H50FN7O5/c1-23-16-41(28(17-40-11-12-48-20-24(40)2)18-42(23)34(46)49-35(3,4)5)19-31(45)43-21-36(6,7)32-29(43)14-26(33-38-22-39-44(32)33)13-25-9-10-27(37)15-30(25)47-8/h9-10,14-15,22-24,28H,11-13,16-21H2,1-8H3/t23-,24-,28+/m1/s1. The van der Waals surface area contributed by atoms with Gasteiger partial charge in [0.15, 0.2) is 5.65 Å². The number of piperazine rings is 1. The van der Waals surface area contributed by atoms with Gasteiger partial charge in [0, 0.05) is 74.3 Å². The molecule has 2 aromatic heterocycles. The third kappa shape index (κ3) is 7.25. The number of ether oxygens (including phenoxy) is 3. The van der Waals surface area contributed by atoms with Gasteiger partial charge >= 0.3 is 6.09 Å². The molecule has 3 aliphatic rings. The maximum Gasteiger partial charge on any atom is 0.410 e. The fourth-order valence-corrected chi connectivity index (χ4v) is 7.46. The molecule has 49 heavy (non-hydrogen) atoms. The van der Waals surface area contributed by atoms with Crippen molar-refractivity contribution in [2.45, 2.75) is 84.0 Å². The number of carbonyl (C=O) groups is 2. The number of carbonyl (C=O) groups excluding carboxylic acids is 2. The number of aromatic nitrogens is 3. The molecule has 0 spiro atoms. The van der Waals surface area contributed by atoms with Crippen molar-refractivity contribution < 1.29 is 28.2 Å². The Morgan fingerprint density at radius 3 is 2.57 bits per heavy atom. The first-order chi connectivity index (χ1) is 23.1. The van der Waals surface area contributed by atoms with Gasteiger partial charge in [0.05, 0.1) is 38.2 Å². The van der Waals surface area contributed by atoms with Gasteiger partial charge in [-0.1, -0.05) is 19.9 Å². The molecular weight excluding hydrogens is 629 g/mol. The Labute approximate surface area is 288 Å². The number of hydrogen-bond donors (Lipinski definition) is 0. The van der Waals surface area contributed by atoms with Crippen molar-refractivity contribution in [2.75, 3.05) is 64.5 Å². The molecule has 12 nitrogen and oxygen atoms in total. The molecule has 0 unspecified atom stereocenters.